The number of aryl methyl sites for hydroxylation is 1. The number of aromatic nitrogens is 1. The maximum absolute atomic E-state index is 12.8. The molecule has 0 bridgehead atoms. The zero-order valence-corrected chi connectivity index (χ0v) is 15.1. The molecule has 3 fully saturated rings. The highest BCUT2D eigenvalue weighted by Gasteiger charge is 2.54. The molecule has 1 unspecified atom stereocenters. The third-order valence-corrected chi connectivity index (χ3v) is 6.00. The fourth-order valence-corrected chi connectivity index (χ4v) is 4.69. The Balaban J connectivity index is 1.40. The summed E-state index contributed by atoms with van der Waals surface area (Å²) in [7, 11) is 2.04. The SMILES string of the molecule is Cc1cccnc1C(=O)N1CC2(CC(C(=O)N3CCCC3)N(C)C2)C1. The van der Waals surface area contributed by atoms with Crippen molar-refractivity contribution in [1.29, 1.82) is 0 Å². The molecule has 3 aliphatic heterocycles. The van der Waals surface area contributed by atoms with Gasteiger partial charge in [-0.2, -0.15) is 0 Å². The number of carbonyl (C=O) groups excluding carboxylic acids is 2. The van der Waals surface area contributed by atoms with Crippen molar-refractivity contribution in [3.63, 3.8) is 0 Å². The van der Waals surface area contributed by atoms with Crippen molar-refractivity contribution in [2.75, 3.05) is 39.8 Å². The van der Waals surface area contributed by atoms with Crippen LogP contribution in [0.15, 0.2) is 18.3 Å². The Hall–Kier alpha value is -1.95. The zero-order valence-electron chi connectivity index (χ0n) is 15.1. The van der Waals surface area contributed by atoms with E-state index in [0.717, 1.165) is 57.5 Å². The first-order valence-corrected chi connectivity index (χ1v) is 9.19. The van der Waals surface area contributed by atoms with Crippen LogP contribution in [0.2, 0.25) is 0 Å². The third kappa shape index (κ3) is 2.82. The Morgan fingerprint density at radius 3 is 2.56 bits per heavy atom. The Morgan fingerprint density at radius 1 is 1.16 bits per heavy atom. The van der Waals surface area contributed by atoms with E-state index >= 15 is 0 Å². The molecule has 0 aromatic carbocycles. The smallest absolute Gasteiger partial charge is 0.272 e. The van der Waals surface area contributed by atoms with Crippen LogP contribution in [-0.4, -0.2) is 77.3 Å². The minimum Gasteiger partial charge on any atom is -0.341 e. The highest BCUT2D eigenvalue weighted by molar-refractivity contribution is 5.94. The van der Waals surface area contributed by atoms with Crippen LogP contribution in [0.4, 0.5) is 0 Å². The van der Waals surface area contributed by atoms with E-state index < -0.39 is 0 Å². The lowest BCUT2D eigenvalue weighted by Gasteiger charge is -2.48. The Kier molecular flexibility index (Phi) is 4.02. The molecule has 1 atom stereocenters. The van der Waals surface area contributed by atoms with E-state index in [-0.39, 0.29) is 23.3 Å². The molecule has 1 aromatic rings. The normalized spacial score (nSPS) is 25.4. The predicted molar refractivity (Wildman–Crippen MR) is 94.2 cm³/mol. The third-order valence-electron chi connectivity index (χ3n) is 6.00. The molecule has 1 aromatic heterocycles. The number of pyridine rings is 1. The number of rotatable bonds is 2. The van der Waals surface area contributed by atoms with Gasteiger partial charge in [-0.05, 0) is 44.9 Å². The quantitative estimate of drug-likeness (QED) is 0.809. The van der Waals surface area contributed by atoms with Gasteiger partial charge >= 0.3 is 0 Å². The van der Waals surface area contributed by atoms with Crippen LogP contribution < -0.4 is 0 Å². The van der Waals surface area contributed by atoms with Crippen LogP contribution in [0.3, 0.4) is 0 Å². The molecule has 4 rings (SSSR count). The summed E-state index contributed by atoms with van der Waals surface area (Å²) in [6.45, 7) is 6.08. The molecular weight excluding hydrogens is 316 g/mol. The Morgan fingerprint density at radius 2 is 1.88 bits per heavy atom. The fourth-order valence-electron chi connectivity index (χ4n) is 4.69. The predicted octanol–water partition coefficient (Wildman–Crippen LogP) is 1.16. The number of amides is 2. The number of carbonyl (C=O) groups is 2. The molecule has 25 heavy (non-hydrogen) atoms. The molecule has 3 aliphatic rings. The Labute approximate surface area is 148 Å². The van der Waals surface area contributed by atoms with Gasteiger partial charge in [0.25, 0.3) is 5.91 Å². The molecule has 1 spiro atoms. The molecule has 2 amide bonds. The summed E-state index contributed by atoms with van der Waals surface area (Å²) >= 11 is 0. The van der Waals surface area contributed by atoms with Gasteiger partial charge < -0.3 is 9.80 Å². The topological polar surface area (TPSA) is 56.8 Å². The van der Waals surface area contributed by atoms with Gasteiger partial charge in [-0.1, -0.05) is 6.07 Å². The second-order valence-electron chi connectivity index (χ2n) is 8.00. The second-order valence-corrected chi connectivity index (χ2v) is 8.00. The minimum absolute atomic E-state index is 0.0145. The minimum atomic E-state index is -0.0214. The van der Waals surface area contributed by atoms with E-state index in [0.29, 0.717) is 5.69 Å². The van der Waals surface area contributed by atoms with Crippen molar-refractivity contribution in [2.45, 2.75) is 32.2 Å². The maximum Gasteiger partial charge on any atom is 0.272 e. The first-order chi connectivity index (χ1) is 12.0. The average molecular weight is 342 g/mol. The van der Waals surface area contributed by atoms with E-state index in [1.54, 1.807) is 6.20 Å². The zero-order chi connectivity index (χ0) is 17.6. The summed E-state index contributed by atoms with van der Waals surface area (Å²) in [5, 5.41) is 0. The molecule has 4 heterocycles. The summed E-state index contributed by atoms with van der Waals surface area (Å²) in [4.78, 5) is 35.8. The second kappa shape index (κ2) is 6.09. The van der Waals surface area contributed by atoms with Crippen molar-refractivity contribution in [1.82, 2.24) is 19.7 Å². The van der Waals surface area contributed by atoms with E-state index in [1.807, 2.05) is 35.9 Å². The number of hydrogen-bond donors (Lipinski definition) is 0. The summed E-state index contributed by atoms with van der Waals surface area (Å²) < 4.78 is 0. The fraction of sp³-hybridized carbons (Fsp3) is 0.632. The van der Waals surface area contributed by atoms with Gasteiger partial charge in [0.05, 0.1) is 6.04 Å². The number of hydrogen-bond acceptors (Lipinski definition) is 4. The molecule has 0 aliphatic carbocycles. The van der Waals surface area contributed by atoms with Gasteiger partial charge in [-0.3, -0.25) is 19.5 Å². The lowest BCUT2D eigenvalue weighted by molar-refractivity contribution is -0.134. The van der Waals surface area contributed by atoms with Crippen LogP contribution in [0.25, 0.3) is 0 Å². The van der Waals surface area contributed by atoms with Crippen LogP contribution in [0.5, 0.6) is 0 Å². The van der Waals surface area contributed by atoms with E-state index in [1.165, 1.54) is 0 Å². The molecule has 0 saturated carbocycles. The molecule has 6 nitrogen and oxygen atoms in total. The summed E-state index contributed by atoms with van der Waals surface area (Å²) in [6.07, 6.45) is 4.78. The first-order valence-electron chi connectivity index (χ1n) is 9.19. The first kappa shape index (κ1) is 16.5. The Bertz CT molecular complexity index is 692. The monoisotopic (exact) mass is 342 g/mol. The average Bonchev–Trinajstić information content (AvgIpc) is 3.20. The highest BCUT2D eigenvalue weighted by Crippen LogP contribution is 2.43. The molecule has 3 saturated heterocycles. The molecule has 0 radical (unpaired) electrons. The largest absolute Gasteiger partial charge is 0.341 e. The van der Waals surface area contributed by atoms with Gasteiger partial charge in [-0.25, -0.2) is 0 Å². The van der Waals surface area contributed by atoms with Crippen molar-refractivity contribution < 1.29 is 9.59 Å². The summed E-state index contributed by atoms with van der Waals surface area (Å²) in [5.41, 5.74) is 1.54. The molecule has 0 N–H and O–H groups in total. The molecule has 6 heteroatoms. The van der Waals surface area contributed by atoms with Gasteiger partial charge in [0.1, 0.15) is 5.69 Å². The van der Waals surface area contributed by atoms with Crippen molar-refractivity contribution in [2.24, 2.45) is 5.41 Å². The van der Waals surface area contributed by atoms with Gasteiger partial charge in [0, 0.05) is 44.3 Å². The standard InChI is InChI=1S/C19H26N4O2/c1-14-6-5-7-20-16(14)18(25)23-12-19(13-23)10-15(21(2)11-19)17(24)22-8-3-4-9-22/h5-7,15H,3-4,8-13H2,1-2H3. The number of nitrogens with zero attached hydrogens (tertiary/aromatic N) is 4. The number of likely N-dealkylation sites (tertiary alicyclic amines) is 3. The number of likely N-dealkylation sites (N-methyl/N-ethyl adjacent to an activating group) is 1. The molecular formula is C19H26N4O2. The molecule has 134 valence electrons. The van der Waals surface area contributed by atoms with Gasteiger partial charge in [-0.15, -0.1) is 0 Å². The van der Waals surface area contributed by atoms with E-state index in [9.17, 15) is 9.59 Å². The lowest BCUT2D eigenvalue weighted by Crippen LogP contribution is -2.59. The van der Waals surface area contributed by atoms with Gasteiger partial charge in [0.2, 0.25) is 5.91 Å². The summed E-state index contributed by atoms with van der Waals surface area (Å²) in [5.74, 6) is 0.294. The van der Waals surface area contributed by atoms with E-state index in [2.05, 4.69) is 9.88 Å². The van der Waals surface area contributed by atoms with Crippen LogP contribution >= 0.6 is 0 Å². The lowest BCUT2D eigenvalue weighted by atomic mass is 9.77. The van der Waals surface area contributed by atoms with Crippen molar-refractivity contribution >= 4 is 11.8 Å². The van der Waals surface area contributed by atoms with Crippen LogP contribution in [-0.2, 0) is 4.79 Å². The highest BCUT2D eigenvalue weighted by atomic mass is 16.2. The van der Waals surface area contributed by atoms with E-state index in [4.69, 9.17) is 0 Å². The van der Waals surface area contributed by atoms with Crippen molar-refractivity contribution in [3.8, 4) is 0 Å². The maximum atomic E-state index is 12.8. The summed E-state index contributed by atoms with van der Waals surface area (Å²) in [6, 6.07) is 3.75. The van der Waals surface area contributed by atoms with Crippen molar-refractivity contribution in [3.05, 3.63) is 29.6 Å². The van der Waals surface area contributed by atoms with Gasteiger partial charge in [0.15, 0.2) is 0 Å². The van der Waals surface area contributed by atoms with Crippen LogP contribution in [0.1, 0.15) is 35.3 Å². The van der Waals surface area contributed by atoms with Crippen LogP contribution in [0, 0.1) is 12.3 Å².